The predicted octanol–water partition coefficient (Wildman–Crippen LogP) is 0.0930. The summed E-state index contributed by atoms with van der Waals surface area (Å²) < 4.78 is 63.3. The van der Waals surface area contributed by atoms with Gasteiger partial charge in [-0.25, -0.2) is 4.79 Å². The first-order valence-corrected chi connectivity index (χ1v) is 3.34. The third-order valence-corrected chi connectivity index (χ3v) is 0.243. The molecule has 0 aromatic heterocycles. The van der Waals surface area contributed by atoms with E-state index < -0.39 is 22.5 Å². The molecule has 0 fully saturated rings. The molecule has 0 rings (SSSR count). The number of carboxylic acids is 1. The highest BCUT2D eigenvalue weighted by Gasteiger charge is 2.38. The Morgan fingerprint density at radius 3 is 1.33 bits per heavy atom. The van der Waals surface area contributed by atoms with Crippen LogP contribution in [0, 0.1) is 0 Å². The molecule has 0 saturated carbocycles. The smallest absolute Gasteiger partial charge is 0.475 e. The van der Waals surface area contributed by atoms with E-state index in [1.807, 2.05) is 0 Å². The van der Waals surface area contributed by atoms with Crippen molar-refractivity contribution in [1.82, 2.24) is 0 Å². The first-order valence-electron chi connectivity index (χ1n) is 1.94. The van der Waals surface area contributed by atoms with E-state index in [2.05, 4.69) is 0 Å². The molecule has 0 aliphatic heterocycles. The average molecular weight is 213 g/mol. The van der Waals surface area contributed by atoms with Gasteiger partial charge in [0.05, 0.1) is 0 Å². The standard InChI is InChI=1S/C2HF3O2.H2O4S/c3-2(4,5)1(6)7;1-5(2,3)4/h(H,6,7);(H2,1,2,3,4)/p+1. The topological polar surface area (TPSA) is 112 Å². The summed E-state index contributed by atoms with van der Waals surface area (Å²) in [5, 5.41) is 7.12. The van der Waals surface area contributed by atoms with Gasteiger partial charge in [0, 0.05) is 0 Å². The van der Waals surface area contributed by atoms with Gasteiger partial charge in [-0.1, -0.05) is 0 Å². The third kappa shape index (κ3) is 22.9. The molecule has 0 saturated heterocycles. The molecular weight excluding hydrogens is 209 g/mol. The van der Waals surface area contributed by atoms with Crippen molar-refractivity contribution in [3.63, 3.8) is 0 Å². The number of rotatable bonds is 0. The van der Waals surface area contributed by atoms with Gasteiger partial charge in [-0.15, -0.1) is 0 Å². The molecule has 0 unspecified atom stereocenters. The van der Waals surface area contributed by atoms with Gasteiger partial charge in [-0.05, 0) is 0 Å². The van der Waals surface area contributed by atoms with Crippen LogP contribution in [0.25, 0.3) is 0 Å². The van der Waals surface area contributed by atoms with Gasteiger partial charge >= 0.3 is 24.0 Å². The molecule has 10 heteroatoms. The second-order valence-corrected chi connectivity index (χ2v) is 2.15. The zero-order chi connectivity index (χ0) is 10.6. The Morgan fingerprint density at radius 2 is 1.33 bits per heavy atom. The SMILES string of the molecule is O=C(O)C(F)(F)F.O=S(=O)(O)O.[H+]. The van der Waals surface area contributed by atoms with E-state index in [0.29, 0.717) is 0 Å². The van der Waals surface area contributed by atoms with Crippen molar-refractivity contribution in [2.45, 2.75) is 6.18 Å². The molecule has 0 spiro atoms. The van der Waals surface area contributed by atoms with Gasteiger partial charge in [0.25, 0.3) is 0 Å². The van der Waals surface area contributed by atoms with Crippen molar-refractivity contribution >= 4 is 16.4 Å². The van der Waals surface area contributed by atoms with E-state index in [-0.39, 0.29) is 1.43 Å². The highest BCUT2D eigenvalue weighted by molar-refractivity contribution is 7.79. The van der Waals surface area contributed by atoms with Crippen LogP contribution in [0.5, 0.6) is 0 Å². The zero-order valence-corrected chi connectivity index (χ0v) is 5.93. The maximum Gasteiger partial charge on any atom is 1.00 e. The van der Waals surface area contributed by atoms with Crippen LogP contribution in [0.15, 0.2) is 0 Å². The normalized spacial score (nSPS) is 11.4. The Bertz CT molecular complexity index is 235. The molecule has 0 radical (unpaired) electrons. The Hall–Kier alpha value is -0.870. The van der Waals surface area contributed by atoms with Crippen LogP contribution in [-0.4, -0.2) is 34.8 Å². The largest absolute Gasteiger partial charge is 1.00 e. The molecule has 6 nitrogen and oxygen atoms in total. The monoisotopic (exact) mass is 213 g/mol. The van der Waals surface area contributed by atoms with Gasteiger partial charge in [-0.2, -0.15) is 21.6 Å². The average Bonchev–Trinajstić information content (AvgIpc) is 1.55. The van der Waals surface area contributed by atoms with Crippen LogP contribution in [-0.2, 0) is 15.2 Å². The zero-order valence-electron chi connectivity index (χ0n) is 6.11. The predicted molar refractivity (Wildman–Crippen MR) is 29.0 cm³/mol. The van der Waals surface area contributed by atoms with E-state index in [9.17, 15) is 13.2 Å². The lowest BCUT2D eigenvalue weighted by molar-refractivity contribution is -0.192. The number of hydrogen-bond donors (Lipinski definition) is 3. The minimum absolute atomic E-state index is 0. The second-order valence-electron chi connectivity index (χ2n) is 1.25. The number of halogens is 3. The Balaban J connectivity index is -0.000000150. The molecule has 0 aliphatic rings. The van der Waals surface area contributed by atoms with E-state index in [1.165, 1.54) is 0 Å². The van der Waals surface area contributed by atoms with Crippen LogP contribution in [0.2, 0.25) is 0 Å². The fourth-order valence-electron chi connectivity index (χ4n) is 0. The first kappa shape index (κ1) is 13.7. The van der Waals surface area contributed by atoms with Crippen molar-refractivity contribution in [2.24, 2.45) is 0 Å². The summed E-state index contributed by atoms with van der Waals surface area (Å²) in [6.07, 6.45) is -5.08. The van der Waals surface area contributed by atoms with Crippen molar-refractivity contribution in [3.05, 3.63) is 0 Å². The summed E-state index contributed by atoms with van der Waals surface area (Å²) in [6.45, 7) is 0. The Labute approximate surface area is 65.7 Å². The summed E-state index contributed by atoms with van der Waals surface area (Å²) >= 11 is 0. The van der Waals surface area contributed by atoms with Crippen LogP contribution >= 0.6 is 0 Å². The van der Waals surface area contributed by atoms with Crippen LogP contribution < -0.4 is 0 Å². The molecule has 0 atom stereocenters. The third-order valence-electron chi connectivity index (χ3n) is 0.243. The molecule has 0 aliphatic carbocycles. The molecule has 0 aromatic carbocycles. The van der Waals surface area contributed by atoms with E-state index in [0.717, 1.165) is 0 Å². The maximum absolute atomic E-state index is 10.6. The molecule has 3 N–H and O–H groups in total. The lowest BCUT2D eigenvalue weighted by atomic mass is 10.7. The van der Waals surface area contributed by atoms with Crippen molar-refractivity contribution in [3.8, 4) is 0 Å². The number of hydrogen-bond acceptors (Lipinski definition) is 3. The summed E-state index contributed by atoms with van der Waals surface area (Å²) in [5.74, 6) is -2.76. The molecule has 0 heterocycles. The second kappa shape index (κ2) is 4.23. The van der Waals surface area contributed by atoms with Gasteiger partial charge in [0.15, 0.2) is 0 Å². The molecule has 0 aromatic rings. The molecular formula is C2H4F3O6S+. The minimum atomic E-state index is -5.08. The molecule has 0 amide bonds. The number of carbonyl (C=O) groups is 1. The fraction of sp³-hybridized carbons (Fsp3) is 0.500. The highest BCUT2D eigenvalue weighted by Crippen LogP contribution is 2.13. The van der Waals surface area contributed by atoms with Gasteiger partial charge < -0.3 is 5.11 Å². The highest BCUT2D eigenvalue weighted by atomic mass is 32.3. The molecule has 74 valence electrons. The molecule has 0 bridgehead atoms. The lowest BCUT2D eigenvalue weighted by Crippen LogP contribution is -2.21. The summed E-state index contributed by atoms with van der Waals surface area (Å²) in [6, 6.07) is 0. The van der Waals surface area contributed by atoms with E-state index >= 15 is 0 Å². The maximum atomic E-state index is 10.6. The fourth-order valence-corrected chi connectivity index (χ4v) is 0. The summed E-state index contributed by atoms with van der Waals surface area (Å²) in [4.78, 5) is 8.90. The van der Waals surface area contributed by atoms with Crippen LogP contribution in [0.1, 0.15) is 1.43 Å². The first-order chi connectivity index (χ1) is 4.94. The van der Waals surface area contributed by atoms with Crippen LogP contribution in [0.3, 0.4) is 0 Å². The van der Waals surface area contributed by atoms with Crippen molar-refractivity contribution < 1.29 is 42.0 Å². The van der Waals surface area contributed by atoms with Gasteiger partial charge in [-0.3, -0.25) is 9.11 Å². The van der Waals surface area contributed by atoms with Crippen molar-refractivity contribution in [2.75, 3.05) is 0 Å². The summed E-state index contributed by atoms with van der Waals surface area (Å²) in [7, 11) is -4.67. The number of aliphatic carboxylic acids is 1. The van der Waals surface area contributed by atoms with E-state index in [1.54, 1.807) is 0 Å². The van der Waals surface area contributed by atoms with Gasteiger partial charge in [0.2, 0.25) is 0 Å². The van der Waals surface area contributed by atoms with Gasteiger partial charge in [0.1, 0.15) is 0 Å². The summed E-state index contributed by atoms with van der Waals surface area (Å²) in [5.41, 5.74) is 0. The van der Waals surface area contributed by atoms with Crippen molar-refractivity contribution in [1.29, 1.82) is 0 Å². The Morgan fingerprint density at radius 1 is 1.25 bits per heavy atom. The Kier molecular flexibility index (Phi) is 4.83. The molecule has 12 heavy (non-hydrogen) atoms. The van der Waals surface area contributed by atoms with Crippen LogP contribution in [0.4, 0.5) is 13.2 Å². The lowest BCUT2D eigenvalue weighted by Gasteiger charge is -1.93. The number of carboxylic acid groups (broad SMARTS) is 1. The minimum Gasteiger partial charge on any atom is -0.475 e. The number of alkyl halides is 3. The quantitative estimate of drug-likeness (QED) is 0.491. The van der Waals surface area contributed by atoms with E-state index in [4.69, 9.17) is 27.4 Å².